The highest BCUT2D eigenvalue weighted by molar-refractivity contribution is 7.90. The van der Waals surface area contributed by atoms with Gasteiger partial charge < -0.3 is 5.32 Å². The van der Waals surface area contributed by atoms with Crippen molar-refractivity contribution in [2.24, 2.45) is 4.99 Å². The molecule has 0 amide bonds. The zero-order valence-corrected chi connectivity index (χ0v) is 13.5. The highest BCUT2D eigenvalue weighted by Gasteiger charge is 2.26. The maximum absolute atomic E-state index is 13.2. The Morgan fingerprint density at radius 3 is 2.61 bits per heavy atom. The second kappa shape index (κ2) is 6.17. The standard InChI is InChI=1S/C15H13ClFN3O2S/c16-11-3-1-10(2-4-11)7-8-18-15-19-13-6-5-12(17)9-14(13)23(21,22)20-15/h1-6,9H,7-8H2,(H2,18,19,20). The Bertz CT molecular complexity index is 867. The number of hydrogen-bond donors (Lipinski definition) is 2. The Morgan fingerprint density at radius 2 is 1.87 bits per heavy atom. The summed E-state index contributed by atoms with van der Waals surface area (Å²) in [5.41, 5.74) is 1.34. The lowest BCUT2D eigenvalue weighted by atomic mass is 10.1. The Labute approximate surface area is 138 Å². The highest BCUT2D eigenvalue weighted by Crippen LogP contribution is 2.25. The van der Waals surface area contributed by atoms with Gasteiger partial charge in [0.25, 0.3) is 10.0 Å². The molecule has 1 heterocycles. The van der Waals surface area contributed by atoms with E-state index in [9.17, 15) is 12.8 Å². The molecule has 5 nitrogen and oxygen atoms in total. The van der Waals surface area contributed by atoms with Crippen LogP contribution in [0.15, 0.2) is 52.4 Å². The van der Waals surface area contributed by atoms with Crippen molar-refractivity contribution in [2.75, 3.05) is 11.9 Å². The summed E-state index contributed by atoms with van der Waals surface area (Å²) in [6, 6.07) is 10.9. The average molecular weight is 354 g/mol. The van der Waals surface area contributed by atoms with E-state index in [1.807, 2.05) is 12.1 Å². The molecule has 0 bridgehead atoms. The lowest BCUT2D eigenvalue weighted by molar-refractivity contribution is 0.586. The van der Waals surface area contributed by atoms with Gasteiger partial charge in [-0.25, -0.2) is 17.5 Å². The smallest absolute Gasteiger partial charge is 0.266 e. The Morgan fingerprint density at radius 1 is 1.13 bits per heavy atom. The minimum absolute atomic E-state index is 0.123. The normalized spacial score (nSPS) is 17.2. The molecule has 0 atom stereocenters. The number of guanidine groups is 1. The fourth-order valence-electron chi connectivity index (χ4n) is 2.18. The predicted molar refractivity (Wildman–Crippen MR) is 87.8 cm³/mol. The van der Waals surface area contributed by atoms with Gasteiger partial charge in [-0.1, -0.05) is 23.7 Å². The van der Waals surface area contributed by atoms with Crippen LogP contribution >= 0.6 is 11.6 Å². The molecule has 0 aliphatic carbocycles. The van der Waals surface area contributed by atoms with E-state index in [1.54, 1.807) is 12.1 Å². The molecule has 2 aromatic carbocycles. The molecule has 0 saturated carbocycles. The molecule has 2 aromatic rings. The molecule has 1 aliphatic heterocycles. The number of sulfonamides is 1. The summed E-state index contributed by atoms with van der Waals surface area (Å²) in [7, 11) is -3.82. The van der Waals surface area contributed by atoms with Crippen molar-refractivity contribution in [2.45, 2.75) is 11.3 Å². The molecule has 0 unspecified atom stereocenters. The van der Waals surface area contributed by atoms with E-state index in [0.717, 1.165) is 11.6 Å². The van der Waals surface area contributed by atoms with Gasteiger partial charge in [-0.15, -0.1) is 0 Å². The molecule has 2 N–H and O–H groups in total. The second-order valence-corrected chi connectivity index (χ2v) is 7.07. The minimum atomic E-state index is -3.82. The topological polar surface area (TPSA) is 70.6 Å². The van der Waals surface area contributed by atoms with Gasteiger partial charge in [0, 0.05) is 11.6 Å². The quantitative estimate of drug-likeness (QED) is 0.891. The third-order valence-corrected chi connectivity index (χ3v) is 4.93. The molecule has 0 aromatic heterocycles. The largest absolute Gasteiger partial charge is 0.324 e. The number of rotatable bonds is 3. The third-order valence-electron chi connectivity index (χ3n) is 3.30. The fourth-order valence-corrected chi connectivity index (χ4v) is 3.46. The van der Waals surface area contributed by atoms with Gasteiger partial charge in [0.15, 0.2) is 0 Å². The van der Waals surface area contributed by atoms with E-state index in [-0.39, 0.29) is 10.9 Å². The predicted octanol–water partition coefficient (Wildman–Crippen LogP) is 2.78. The van der Waals surface area contributed by atoms with Crippen LogP contribution in [0.5, 0.6) is 0 Å². The molecule has 0 spiro atoms. The Hall–Kier alpha value is -2.12. The summed E-state index contributed by atoms with van der Waals surface area (Å²) in [4.78, 5) is 4.08. The zero-order valence-electron chi connectivity index (χ0n) is 11.9. The average Bonchev–Trinajstić information content (AvgIpc) is 2.50. The van der Waals surface area contributed by atoms with Gasteiger partial charge in [0.1, 0.15) is 10.7 Å². The zero-order chi connectivity index (χ0) is 16.4. The van der Waals surface area contributed by atoms with Crippen molar-refractivity contribution in [1.29, 1.82) is 0 Å². The number of aliphatic imine (C=N–C) groups is 1. The fraction of sp³-hybridized carbons (Fsp3) is 0.133. The van der Waals surface area contributed by atoms with Gasteiger partial charge >= 0.3 is 0 Å². The van der Waals surface area contributed by atoms with Gasteiger partial charge in [0.05, 0.1) is 5.69 Å². The van der Waals surface area contributed by atoms with Crippen molar-refractivity contribution >= 4 is 33.3 Å². The molecule has 0 radical (unpaired) electrons. The first-order valence-corrected chi connectivity index (χ1v) is 8.68. The lowest BCUT2D eigenvalue weighted by Gasteiger charge is -2.21. The van der Waals surface area contributed by atoms with Crippen LogP contribution in [0.1, 0.15) is 5.56 Å². The molecule has 3 rings (SSSR count). The molecule has 0 fully saturated rings. The SMILES string of the molecule is O=S1(=O)NC(=NCCc2ccc(Cl)cc2)Nc2ccc(F)cc21. The number of benzene rings is 2. The number of halogens is 2. The first-order chi connectivity index (χ1) is 10.9. The molecule has 23 heavy (non-hydrogen) atoms. The van der Waals surface area contributed by atoms with E-state index in [4.69, 9.17) is 11.6 Å². The molecule has 8 heteroatoms. The summed E-state index contributed by atoms with van der Waals surface area (Å²) in [6.45, 7) is 0.392. The van der Waals surface area contributed by atoms with Crippen LogP contribution in [0.25, 0.3) is 0 Å². The maximum Gasteiger partial charge on any atom is 0.266 e. The molecule has 120 valence electrons. The van der Waals surface area contributed by atoms with E-state index in [2.05, 4.69) is 15.0 Å². The van der Waals surface area contributed by atoms with E-state index < -0.39 is 15.8 Å². The van der Waals surface area contributed by atoms with E-state index in [0.29, 0.717) is 23.7 Å². The van der Waals surface area contributed by atoms with Crippen molar-refractivity contribution in [3.05, 3.63) is 58.9 Å². The van der Waals surface area contributed by atoms with Crippen LogP contribution in [0.3, 0.4) is 0 Å². The van der Waals surface area contributed by atoms with Crippen LogP contribution < -0.4 is 10.0 Å². The minimum Gasteiger partial charge on any atom is -0.324 e. The summed E-state index contributed by atoms with van der Waals surface area (Å²) in [5.74, 6) is -0.489. The summed E-state index contributed by atoms with van der Waals surface area (Å²) < 4.78 is 39.7. The number of nitrogens with zero attached hydrogens (tertiary/aromatic N) is 1. The van der Waals surface area contributed by atoms with Crippen molar-refractivity contribution in [3.63, 3.8) is 0 Å². The maximum atomic E-state index is 13.2. The number of nitrogens with one attached hydrogen (secondary N) is 2. The Balaban J connectivity index is 1.75. The second-order valence-electron chi connectivity index (χ2n) is 4.98. The highest BCUT2D eigenvalue weighted by atomic mass is 35.5. The number of anilines is 1. The molecule has 0 saturated heterocycles. The van der Waals surface area contributed by atoms with Crippen molar-refractivity contribution in [3.8, 4) is 0 Å². The van der Waals surface area contributed by atoms with E-state index >= 15 is 0 Å². The van der Waals surface area contributed by atoms with E-state index in [1.165, 1.54) is 12.1 Å². The summed E-state index contributed by atoms with van der Waals surface area (Å²) in [6.07, 6.45) is 0.639. The van der Waals surface area contributed by atoms with Crippen molar-refractivity contribution < 1.29 is 12.8 Å². The van der Waals surface area contributed by atoms with Crippen LogP contribution in [-0.4, -0.2) is 20.9 Å². The molecular formula is C15H13ClFN3O2S. The Kier molecular flexibility index (Phi) is 4.23. The number of hydrogen-bond acceptors (Lipinski definition) is 3. The monoisotopic (exact) mass is 353 g/mol. The van der Waals surface area contributed by atoms with Gasteiger partial charge in [0.2, 0.25) is 5.96 Å². The first-order valence-electron chi connectivity index (χ1n) is 6.82. The number of fused-ring (bicyclic) bond motifs is 1. The summed E-state index contributed by atoms with van der Waals surface area (Å²) in [5, 5.41) is 3.51. The molecular weight excluding hydrogens is 341 g/mol. The van der Waals surface area contributed by atoms with Gasteiger partial charge in [-0.3, -0.25) is 4.99 Å². The van der Waals surface area contributed by atoms with Gasteiger partial charge in [-0.2, -0.15) is 0 Å². The van der Waals surface area contributed by atoms with Crippen LogP contribution in [0.4, 0.5) is 10.1 Å². The molecule has 1 aliphatic rings. The van der Waals surface area contributed by atoms with Crippen LogP contribution in [-0.2, 0) is 16.4 Å². The van der Waals surface area contributed by atoms with Gasteiger partial charge in [-0.05, 0) is 42.3 Å². The lowest BCUT2D eigenvalue weighted by Crippen LogP contribution is -2.41. The van der Waals surface area contributed by atoms with Crippen LogP contribution in [0.2, 0.25) is 5.02 Å². The summed E-state index contributed by atoms with van der Waals surface area (Å²) >= 11 is 5.82. The first kappa shape index (κ1) is 15.8. The van der Waals surface area contributed by atoms with Crippen LogP contribution in [0, 0.1) is 5.82 Å². The third kappa shape index (κ3) is 3.62. The van der Waals surface area contributed by atoms with Crippen molar-refractivity contribution in [1.82, 2.24) is 4.72 Å².